The third-order valence-electron chi connectivity index (χ3n) is 4.18. The number of rotatable bonds is 2. The van der Waals surface area contributed by atoms with Gasteiger partial charge in [-0.15, -0.1) is 0 Å². The zero-order chi connectivity index (χ0) is 15.9. The van der Waals surface area contributed by atoms with Crippen LogP contribution in [0.3, 0.4) is 0 Å². The van der Waals surface area contributed by atoms with Gasteiger partial charge in [-0.2, -0.15) is 0 Å². The highest BCUT2D eigenvalue weighted by Gasteiger charge is 2.17. The van der Waals surface area contributed by atoms with Crippen LogP contribution in [-0.4, -0.2) is 0 Å². The zero-order valence-corrected chi connectivity index (χ0v) is 13.2. The molecular formula is C20H22N+. The molecular weight excluding hydrogens is 254 g/mol. The van der Waals surface area contributed by atoms with E-state index in [4.69, 9.17) is 1.37 Å². The molecule has 3 aromatic rings. The van der Waals surface area contributed by atoms with E-state index in [0.717, 1.165) is 17.5 Å². The predicted octanol–water partition coefficient (Wildman–Crippen LogP) is 4.51. The summed E-state index contributed by atoms with van der Waals surface area (Å²) in [6, 6.07) is 15.1. The Morgan fingerprint density at radius 2 is 1.86 bits per heavy atom. The number of pyridine rings is 1. The van der Waals surface area contributed by atoms with Crippen molar-refractivity contribution in [2.24, 2.45) is 7.05 Å². The number of aryl methyl sites for hydroxylation is 3. The SMILES string of the molecule is [2H]c1cc2cc(C)ccc2c(-c2cc(CC)ccc2C)[n+]1C. The highest BCUT2D eigenvalue weighted by Crippen LogP contribution is 2.29. The third-order valence-corrected chi connectivity index (χ3v) is 4.18. The minimum Gasteiger partial charge on any atom is -0.200 e. The number of nitrogens with zero attached hydrogens (tertiary/aromatic N) is 1. The summed E-state index contributed by atoms with van der Waals surface area (Å²) >= 11 is 0. The molecule has 0 saturated carbocycles. The standard InChI is InChI=1S/C20H22N/c1-5-16-8-7-15(3)19(13-16)20-18-9-6-14(2)12-17(18)10-11-21(20)4/h6-13H,5H2,1-4H3/q+1/i11D. The molecule has 0 aliphatic carbocycles. The second-order valence-corrected chi connectivity index (χ2v) is 5.77. The summed E-state index contributed by atoms with van der Waals surface area (Å²) in [7, 11) is 1.98. The first-order valence-corrected chi connectivity index (χ1v) is 7.51. The van der Waals surface area contributed by atoms with Crippen molar-refractivity contribution in [1.29, 1.82) is 0 Å². The van der Waals surface area contributed by atoms with E-state index in [9.17, 15) is 0 Å². The molecule has 21 heavy (non-hydrogen) atoms. The van der Waals surface area contributed by atoms with Gasteiger partial charge >= 0.3 is 0 Å². The Morgan fingerprint density at radius 3 is 2.62 bits per heavy atom. The van der Waals surface area contributed by atoms with Gasteiger partial charge in [0.25, 0.3) is 0 Å². The second kappa shape index (κ2) is 5.33. The first kappa shape index (κ1) is 12.6. The van der Waals surface area contributed by atoms with E-state index in [0.29, 0.717) is 6.17 Å². The van der Waals surface area contributed by atoms with Crippen molar-refractivity contribution >= 4 is 10.8 Å². The molecule has 0 bridgehead atoms. The van der Waals surface area contributed by atoms with Crippen LogP contribution in [0.25, 0.3) is 22.0 Å². The fraction of sp³-hybridized carbons (Fsp3) is 0.250. The Kier molecular flexibility index (Phi) is 3.19. The van der Waals surface area contributed by atoms with Crippen LogP contribution in [0, 0.1) is 13.8 Å². The lowest BCUT2D eigenvalue weighted by atomic mass is 9.96. The molecule has 0 spiro atoms. The molecule has 1 heterocycles. The molecule has 1 aromatic heterocycles. The molecule has 3 rings (SSSR count). The van der Waals surface area contributed by atoms with Gasteiger partial charge in [0.1, 0.15) is 8.42 Å². The maximum absolute atomic E-state index is 8.29. The molecule has 0 aliphatic heterocycles. The number of aromatic nitrogens is 1. The lowest BCUT2D eigenvalue weighted by molar-refractivity contribution is -0.659. The molecule has 0 fully saturated rings. The van der Waals surface area contributed by atoms with Gasteiger partial charge in [0.2, 0.25) is 5.69 Å². The maximum Gasteiger partial charge on any atom is 0.220 e. The van der Waals surface area contributed by atoms with Crippen LogP contribution in [0.15, 0.2) is 48.6 Å². The van der Waals surface area contributed by atoms with E-state index in [-0.39, 0.29) is 0 Å². The summed E-state index contributed by atoms with van der Waals surface area (Å²) in [5, 5.41) is 2.35. The van der Waals surface area contributed by atoms with E-state index < -0.39 is 0 Å². The van der Waals surface area contributed by atoms with Crippen LogP contribution in [0.1, 0.15) is 25.0 Å². The summed E-state index contributed by atoms with van der Waals surface area (Å²) < 4.78 is 10.3. The van der Waals surface area contributed by atoms with Crippen LogP contribution in [0.5, 0.6) is 0 Å². The topological polar surface area (TPSA) is 3.88 Å². The Bertz CT molecular complexity index is 865. The van der Waals surface area contributed by atoms with Gasteiger partial charge in [0, 0.05) is 11.6 Å². The number of benzene rings is 2. The normalized spacial score (nSPS) is 11.7. The lowest BCUT2D eigenvalue weighted by Crippen LogP contribution is -2.30. The zero-order valence-electron chi connectivity index (χ0n) is 14.2. The predicted molar refractivity (Wildman–Crippen MR) is 89.4 cm³/mol. The lowest BCUT2D eigenvalue weighted by Gasteiger charge is -2.10. The molecule has 0 saturated heterocycles. The van der Waals surface area contributed by atoms with Crippen molar-refractivity contribution in [3.8, 4) is 11.3 Å². The van der Waals surface area contributed by atoms with Gasteiger partial charge in [-0.05, 0) is 48.9 Å². The quantitative estimate of drug-likeness (QED) is 0.607. The van der Waals surface area contributed by atoms with E-state index >= 15 is 0 Å². The molecule has 0 unspecified atom stereocenters. The summed E-state index contributed by atoms with van der Waals surface area (Å²) in [6.45, 7) is 6.42. The largest absolute Gasteiger partial charge is 0.220 e. The molecule has 1 nitrogen and oxygen atoms in total. The molecule has 1 heteroatoms. The minimum atomic E-state index is 0.536. The van der Waals surface area contributed by atoms with Gasteiger partial charge in [0.05, 0.1) is 5.39 Å². The van der Waals surface area contributed by atoms with Crippen LogP contribution in [-0.2, 0) is 13.5 Å². The molecule has 0 amide bonds. The van der Waals surface area contributed by atoms with Crippen molar-refractivity contribution in [2.45, 2.75) is 27.2 Å². The first-order chi connectivity index (χ1) is 10.5. The fourth-order valence-corrected chi connectivity index (χ4v) is 2.90. The van der Waals surface area contributed by atoms with Crippen molar-refractivity contribution in [3.05, 3.63) is 65.3 Å². The first-order valence-electron chi connectivity index (χ1n) is 8.01. The monoisotopic (exact) mass is 277 g/mol. The summed E-state index contributed by atoms with van der Waals surface area (Å²) in [5.41, 5.74) is 6.17. The molecule has 0 atom stereocenters. The van der Waals surface area contributed by atoms with E-state index in [2.05, 4.69) is 57.2 Å². The molecule has 0 radical (unpaired) electrons. The summed E-state index contributed by atoms with van der Waals surface area (Å²) in [5.74, 6) is 0. The second-order valence-electron chi connectivity index (χ2n) is 5.77. The van der Waals surface area contributed by atoms with Crippen molar-refractivity contribution in [3.63, 3.8) is 0 Å². The van der Waals surface area contributed by atoms with Gasteiger partial charge in [-0.3, -0.25) is 0 Å². The van der Waals surface area contributed by atoms with Crippen LogP contribution >= 0.6 is 0 Å². The van der Waals surface area contributed by atoms with Crippen molar-refractivity contribution in [2.75, 3.05) is 0 Å². The highest BCUT2D eigenvalue weighted by molar-refractivity contribution is 5.94. The molecule has 2 aromatic carbocycles. The fourth-order valence-electron chi connectivity index (χ4n) is 2.90. The van der Waals surface area contributed by atoms with Crippen molar-refractivity contribution in [1.82, 2.24) is 0 Å². The van der Waals surface area contributed by atoms with E-state index in [1.165, 1.54) is 27.6 Å². The molecule has 0 N–H and O–H groups in total. The van der Waals surface area contributed by atoms with Crippen LogP contribution in [0.2, 0.25) is 0 Å². The Labute approximate surface area is 128 Å². The smallest absolute Gasteiger partial charge is 0.200 e. The maximum atomic E-state index is 8.29. The summed E-state index contributed by atoms with van der Waals surface area (Å²) in [4.78, 5) is 0. The van der Waals surface area contributed by atoms with Gasteiger partial charge in [0.15, 0.2) is 6.17 Å². The van der Waals surface area contributed by atoms with E-state index in [1.807, 2.05) is 17.7 Å². The Balaban J connectivity index is 2.42. The number of hydrogen-bond donors (Lipinski definition) is 0. The Morgan fingerprint density at radius 1 is 1.05 bits per heavy atom. The van der Waals surface area contributed by atoms with Gasteiger partial charge in [-0.1, -0.05) is 36.8 Å². The minimum absolute atomic E-state index is 0.536. The van der Waals surface area contributed by atoms with Crippen LogP contribution < -0.4 is 4.57 Å². The summed E-state index contributed by atoms with van der Waals surface area (Å²) in [6.07, 6.45) is 1.56. The molecule has 0 aliphatic rings. The van der Waals surface area contributed by atoms with Crippen molar-refractivity contribution < 1.29 is 5.94 Å². The van der Waals surface area contributed by atoms with Gasteiger partial charge < -0.3 is 0 Å². The highest BCUT2D eigenvalue weighted by atomic mass is 14.9. The number of hydrogen-bond acceptors (Lipinski definition) is 0. The number of fused-ring (bicyclic) bond motifs is 1. The molecule has 106 valence electrons. The van der Waals surface area contributed by atoms with Gasteiger partial charge in [-0.25, -0.2) is 4.57 Å². The third kappa shape index (κ3) is 2.44. The average Bonchev–Trinajstić information content (AvgIpc) is 2.50. The van der Waals surface area contributed by atoms with Crippen LogP contribution in [0.4, 0.5) is 0 Å². The average molecular weight is 277 g/mol. The van der Waals surface area contributed by atoms with E-state index in [1.54, 1.807) is 0 Å². The Hall–Kier alpha value is -2.15.